The van der Waals surface area contributed by atoms with Gasteiger partial charge in [-0.15, -0.1) is 0 Å². The van der Waals surface area contributed by atoms with E-state index in [0.717, 1.165) is 12.1 Å². The SMILES string of the molecule is [N]c1cc(F)c(I)c(F)c1. The number of rotatable bonds is 0. The third-order valence-corrected chi connectivity index (χ3v) is 2.00. The molecular weight excluding hydrogens is 251 g/mol. The van der Waals surface area contributed by atoms with Crippen LogP contribution in [-0.4, -0.2) is 0 Å². The lowest BCUT2D eigenvalue weighted by molar-refractivity contribution is 0.571. The Morgan fingerprint density at radius 2 is 1.60 bits per heavy atom. The van der Waals surface area contributed by atoms with Crippen molar-refractivity contribution in [3.63, 3.8) is 0 Å². The lowest BCUT2D eigenvalue weighted by Gasteiger charge is -1.95. The zero-order chi connectivity index (χ0) is 7.72. The van der Waals surface area contributed by atoms with Gasteiger partial charge in [-0.3, -0.25) is 0 Å². The molecule has 1 rings (SSSR count). The molecule has 0 atom stereocenters. The lowest BCUT2D eigenvalue weighted by atomic mass is 10.3. The van der Waals surface area contributed by atoms with Crippen LogP contribution in [0, 0.1) is 15.2 Å². The highest BCUT2D eigenvalue weighted by Crippen LogP contribution is 2.18. The van der Waals surface area contributed by atoms with Crippen LogP contribution in [0.15, 0.2) is 12.1 Å². The number of hydrogen-bond acceptors (Lipinski definition) is 0. The summed E-state index contributed by atoms with van der Waals surface area (Å²) in [6.45, 7) is 0. The average molecular weight is 253 g/mol. The van der Waals surface area contributed by atoms with Crippen LogP contribution in [-0.2, 0) is 0 Å². The predicted molar refractivity (Wildman–Crippen MR) is 40.9 cm³/mol. The standard InChI is InChI=1S/C6H2F2IN/c7-4-1-3(10)2-5(8)6(4)9/h1-2H. The second-order valence-corrected chi connectivity index (χ2v) is 2.80. The number of halogens is 3. The Morgan fingerprint density at radius 3 is 2.00 bits per heavy atom. The Morgan fingerprint density at radius 1 is 1.20 bits per heavy atom. The molecule has 0 saturated carbocycles. The fourth-order valence-electron chi connectivity index (χ4n) is 0.542. The van der Waals surface area contributed by atoms with E-state index in [1.165, 1.54) is 22.6 Å². The molecule has 52 valence electrons. The van der Waals surface area contributed by atoms with Crippen molar-refractivity contribution in [3.05, 3.63) is 27.3 Å². The van der Waals surface area contributed by atoms with E-state index >= 15 is 0 Å². The van der Waals surface area contributed by atoms with Crippen molar-refractivity contribution < 1.29 is 8.78 Å². The van der Waals surface area contributed by atoms with Gasteiger partial charge in [0.1, 0.15) is 11.6 Å². The second-order valence-electron chi connectivity index (χ2n) is 1.72. The van der Waals surface area contributed by atoms with Crippen molar-refractivity contribution in [3.8, 4) is 0 Å². The summed E-state index contributed by atoms with van der Waals surface area (Å²) in [6, 6.07) is 1.73. The van der Waals surface area contributed by atoms with Gasteiger partial charge in [0.05, 0.1) is 9.26 Å². The predicted octanol–water partition coefficient (Wildman–Crippen LogP) is 2.27. The summed E-state index contributed by atoms with van der Waals surface area (Å²) in [4.78, 5) is 0. The van der Waals surface area contributed by atoms with E-state index < -0.39 is 17.3 Å². The van der Waals surface area contributed by atoms with Crippen LogP contribution in [0.1, 0.15) is 0 Å². The summed E-state index contributed by atoms with van der Waals surface area (Å²) in [7, 11) is 0. The van der Waals surface area contributed by atoms with Crippen LogP contribution in [0.2, 0.25) is 0 Å². The van der Waals surface area contributed by atoms with E-state index in [0.29, 0.717) is 0 Å². The van der Waals surface area contributed by atoms with Crippen molar-refractivity contribution in [1.82, 2.24) is 5.73 Å². The molecule has 0 aliphatic rings. The summed E-state index contributed by atoms with van der Waals surface area (Å²) >= 11 is 1.52. The smallest absolute Gasteiger partial charge is 0.141 e. The molecule has 0 unspecified atom stereocenters. The van der Waals surface area contributed by atoms with E-state index in [1.54, 1.807) is 0 Å². The van der Waals surface area contributed by atoms with Crippen molar-refractivity contribution in [1.29, 1.82) is 0 Å². The second kappa shape index (κ2) is 2.69. The molecule has 0 fully saturated rings. The van der Waals surface area contributed by atoms with Crippen LogP contribution in [0.4, 0.5) is 14.5 Å². The Bertz CT molecular complexity index is 239. The molecule has 0 saturated heterocycles. The molecule has 0 heterocycles. The molecule has 0 aromatic heterocycles. The first kappa shape index (κ1) is 7.71. The van der Waals surface area contributed by atoms with Gasteiger partial charge in [0.2, 0.25) is 0 Å². The first-order valence-electron chi connectivity index (χ1n) is 2.45. The maximum Gasteiger partial charge on any atom is 0.141 e. The average Bonchev–Trinajstić information content (AvgIpc) is 1.82. The van der Waals surface area contributed by atoms with Gasteiger partial charge < -0.3 is 0 Å². The summed E-state index contributed by atoms with van der Waals surface area (Å²) in [6.07, 6.45) is 0. The van der Waals surface area contributed by atoms with Crippen LogP contribution >= 0.6 is 22.6 Å². The fraction of sp³-hybridized carbons (Fsp3) is 0. The first-order chi connectivity index (χ1) is 4.61. The molecule has 0 bridgehead atoms. The maximum absolute atomic E-state index is 12.4. The molecule has 0 amide bonds. The molecule has 0 aliphatic carbocycles. The van der Waals surface area contributed by atoms with Crippen LogP contribution in [0.25, 0.3) is 0 Å². The highest BCUT2D eigenvalue weighted by atomic mass is 127. The zero-order valence-electron chi connectivity index (χ0n) is 4.74. The molecule has 0 aliphatic heterocycles. The quantitative estimate of drug-likeness (QED) is 0.500. The molecule has 4 heteroatoms. The molecular formula is C6H2F2IN. The number of benzene rings is 1. The van der Waals surface area contributed by atoms with Crippen molar-refractivity contribution in [2.24, 2.45) is 0 Å². The van der Waals surface area contributed by atoms with E-state index in [4.69, 9.17) is 5.73 Å². The molecule has 1 aromatic carbocycles. The lowest BCUT2D eigenvalue weighted by Crippen LogP contribution is -1.87. The summed E-state index contributed by atoms with van der Waals surface area (Å²) < 4.78 is 24.8. The van der Waals surface area contributed by atoms with Crippen LogP contribution < -0.4 is 5.73 Å². The van der Waals surface area contributed by atoms with Crippen LogP contribution in [0.3, 0.4) is 0 Å². The molecule has 2 radical (unpaired) electrons. The molecule has 0 N–H and O–H groups in total. The highest BCUT2D eigenvalue weighted by Gasteiger charge is 2.06. The third-order valence-electron chi connectivity index (χ3n) is 0.969. The topological polar surface area (TPSA) is 22.3 Å². The minimum atomic E-state index is -0.738. The first-order valence-corrected chi connectivity index (χ1v) is 3.52. The van der Waals surface area contributed by atoms with Crippen molar-refractivity contribution in [2.45, 2.75) is 0 Å². The van der Waals surface area contributed by atoms with Gasteiger partial charge in [-0.2, -0.15) is 5.73 Å². The number of hydrogen-bond donors (Lipinski definition) is 0. The van der Waals surface area contributed by atoms with Crippen molar-refractivity contribution in [2.75, 3.05) is 0 Å². The van der Waals surface area contributed by atoms with E-state index in [-0.39, 0.29) is 3.57 Å². The van der Waals surface area contributed by atoms with Gasteiger partial charge in [0, 0.05) is 12.1 Å². The molecule has 1 aromatic rings. The highest BCUT2D eigenvalue weighted by molar-refractivity contribution is 14.1. The molecule has 10 heavy (non-hydrogen) atoms. The van der Waals surface area contributed by atoms with E-state index in [9.17, 15) is 8.78 Å². The Hall–Kier alpha value is -0.390. The largest absolute Gasteiger partial charge is 0.206 e. The van der Waals surface area contributed by atoms with Gasteiger partial charge in [0.15, 0.2) is 0 Å². The fourth-order valence-corrected chi connectivity index (χ4v) is 0.854. The Kier molecular flexibility index (Phi) is 2.08. The van der Waals surface area contributed by atoms with E-state index in [1.807, 2.05) is 0 Å². The summed E-state index contributed by atoms with van der Waals surface area (Å²) in [5, 5.41) is 0. The van der Waals surface area contributed by atoms with Gasteiger partial charge in [-0.1, -0.05) is 0 Å². The zero-order valence-corrected chi connectivity index (χ0v) is 6.89. The van der Waals surface area contributed by atoms with Gasteiger partial charge >= 0.3 is 0 Å². The van der Waals surface area contributed by atoms with Gasteiger partial charge in [0.25, 0.3) is 0 Å². The summed E-state index contributed by atoms with van der Waals surface area (Å²) in [5.74, 6) is -1.48. The Balaban J connectivity index is 3.31. The minimum absolute atomic E-state index is 0.101. The number of nitrogens with zero attached hydrogens (tertiary/aromatic N) is 1. The minimum Gasteiger partial charge on any atom is -0.206 e. The van der Waals surface area contributed by atoms with Crippen LogP contribution in [0.5, 0.6) is 0 Å². The maximum atomic E-state index is 12.4. The van der Waals surface area contributed by atoms with Gasteiger partial charge in [-0.25, -0.2) is 8.78 Å². The van der Waals surface area contributed by atoms with Gasteiger partial charge in [-0.05, 0) is 22.6 Å². The summed E-state index contributed by atoms with van der Waals surface area (Å²) in [5.41, 5.74) is 8.24. The molecule has 0 spiro atoms. The third kappa shape index (κ3) is 1.36. The normalized spacial score (nSPS) is 9.90. The molecule has 1 nitrogen and oxygen atoms in total. The van der Waals surface area contributed by atoms with Crippen molar-refractivity contribution >= 4 is 28.3 Å². The monoisotopic (exact) mass is 253 g/mol. The van der Waals surface area contributed by atoms with E-state index in [2.05, 4.69) is 0 Å². The Labute approximate surface area is 70.4 Å².